The fourth-order valence-corrected chi connectivity index (χ4v) is 4.42. The predicted octanol–water partition coefficient (Wildman–Crippen LogP) is 2.31. The Morgan fingerprint density at radius 1 is 1.04 bits per heavy atom. The molecule has 1 aromatic heterocycles. The minimum absolute atomic E-state index is 0.0256. The van der Waals surface area contributed by atoms with Crippen LogP contribution in [0.15, 0.2) is 41.2 Å². The van der Waals surface area contributed by atoms with E-state index in [1.807, 2.05) is 28.0 Å². The van der Waals surface area contributed by atoms with E-state index in [9.17, 15) is 9.59 Å². The molecule has 0 aliphatic carbocycles. The first-order valence-electron chi connectivity index (χ1n) is 8.70. The quantitative estimate of drug-likeness (QED) is 0.846. The number of carbonyl (C=O) groups is 2. The van der Waals surface area contributed by atoms with Crippen molar-refractivity contribution in [1.29, 1.82) is 0 Å². The molecule has 2 aromatic rings. The molecule has 2 fully saturated rings. The topological polar surface area (TPSA) is 53.5 Å². The van der Waals surface area contributed by atoms with Gasteiger partial charge in [-0.05, 0) is 12.0 Å². The molecule has 0 bridgehead atoms. The molecule has 0 N–H and O–H groups in total. The molecule has 25 heavy (non-hydrogen) atoms. The molecule has 0 spiro atoms. The molecule has 0 unspecified atom stereocenters. The first-order chi connectivity index (χ1) is 12.2. The van der Waals surface area contributed by atoms with Gasteiger partial charge in [0.05, 0.1) is 5.51 Å². The van der Waals surface area contributed by atoms with Crippen molar-refractivity contribution in [3.05, 3.63) is 52.5 Å². The average Bonchev–Trinajstić information content (AvgIpc) is 3.35. The van der Waals surface area contributed by atoms with E-state index in [2.05, 4.69) is 17.1 Å². The minimum atomic E-state index is 0.0256. The van der Waals surface area contributed by atoms with Crippen molar-refractivity contribution in [2.45, 2.75) is 12.8 Å². The highest BCUT2D eigenvalue weighted by Crippen LogP contribution is 2.32. The van der Waals surface area contributed by atoms with E-state index in [0.717, 1.165) is 32.6 Å². The molecule has 0 radical (unpaired) electrons. The van der Waals surface area contributed by atoms with E-state index in [1.54, 1.807) is 10.9 Å². The van der Waals surface area contributed by atoms with Crippen molar-refractivity contribution in [2.24, 2.45) is 11.8 Å². The highest BCUT2D eigenvalue weighted by Gasteiger charge is 2.43. The monoisotopic (exact) mass is 355 g/mol. The Kier molecular flexibility index (Phi) is 4.53. The molecule has 5 nitrogen and oxygen atoms in total. The lowest BCUT2D eigenvalue weighted by atomic mass is 10.0. The summed E-state index contributed by atoms with van der Waals surface area (Å²) < 4.78 is 0. The first kappa shape index (κ1) is 16.3. The predicted molar refractivity (Wildman–Crippen MR) is 96.3 cm³/mol. The third-order valence-electron chi connectivity index (χ3n) is 5.25. The summed E-state index contributed by atoms with van der Waals surface area (Å²) in [5, 5.41) is 1.80. The van der Waals surface area contributed by atoms with Crippen LogP contribution in [-0.4, -0.2) is 52.8 Å². The largest absolute Gasteiger partial charge is 0.342 e. The number of nitrogens with zero attached hydrogens (tertiary/aromatic N) is 3. The number of fused-ring (bicyclic) bond motifs is 1. The van der Waals surface area contributed by atoms with Gasteiger partial charge in [0.2, 0.25) is 5.91 Å². The molecule has 2 saturated heterocycles. The summed E-state index contributed by atoms with van der Waals surface area (Å²) >= 11 is 1.44. The molecule has 2 aliphatic rings. The number of aromatic nitrogens is 1. The third-order valence-corrected chi connectivity index (χ3v) is 5.83. The Morgan fingerprint density at radius 3 is 2.36 bits per heavy atom. The van der Waals surface area contributed by atoms with Crippen LogP contribution in [0.5, 0.6) is 0 Å². The van der Waals surface area contributed by atoms with Crippen molar-refractivity contribution >= 4 is 23.2 Å². The van der Waals surface area contributed by atoms with E-state index in [-0.39, 0.29) is 11.8 Å². The van der Waals surface area contributed by atoms with Gasteiger partial charge in [0.25, 0.3) is 5.91 Å². The molecule has 2 amide bonds. The fraction of sp³-hybridized carbons (Fsp3) is 0.421. The van der Waals surface area contributed by atoms with E-state index < -0.39 is 0 Å². The van der Waals surface area contributed by atoms with Gasteiger partial charge >= 0.3 is 0 Å². The molecule has 4 rings (SSSR count). The highest BCUT2D eigenvalue weighted by atomic mass is 32.1. The molecule has 130 valence electrons. The van der Waals surface area contributed by atoms with Gasteiger partial charge in [0.15, 0.2) is 0 Å². The number of likely N-dealkylation sites (tertiary alicyclic amines) is 2. The summed E-state index contributed by atoms with van der Waals surface area (Å²) in [6.07, 6.45) is 1.35. The second-order valence-corrected chi connectivity index (χ2v) is 7.61. The summed E-state index contributed by atoms with van der Waals surface area (Å²) in [4.78, 5) is 32.9. The first-order valence-corrected chi connectivity index (χ1v) is 9.64. The summed E-state index contributed by atoms with van der Waals surface area (Å²) in [5.41, 5.74) is 3.44. The van der Waals surface area contributed by atoms with Crippen LogP contribution in [-0.2, 0) is 11.2 Å². The smallest absolute Gasteiger partial charge is 0.273 e. The van der Waals surface area contributed by atoms with Crippen LogP contribution in [0.25, 0.3) is 0 Å². The second-order valence-electron chi connectivity index (χ2n) is 6.89. The minimum Gasteiger partial charge on any atom is -0.342 e. The second kappa shape index (κ2) is 6.96. The summed E-state index contributed by atoms with van der Waals surface area (Å²) in [6.45, 7) is 3.03. The van der Waals surface area contributed by atoms with Crippen LogP contribution in [0.2, 0.25) is 0 Å². The maximum absolute atomic E-state index is 12.5. The zero-order valence-corrected chi connectivity index (χ0v) is 14.8. The molecule has 0 saturated carbocycles. The average molecular weight is 355 g/mol. The molecular formula is C19H21N3O2S. The molecule has 2 aliphatic heterocycles. The lowest BCUT2D eigenvalue weighted by Gasteiger charge is -2.21. The van der Waals surface area contributed by atoms with Crippen LogP contribution >= 0.6 is 11.3 Å². The molecule has 1 aromatic carbocycles. The number of amides is 2. The number of carbonyl (C=O) groups excluding carboxylic acids is 2. The van der Waals surface area contributed by atoms with E-state index in [4.69, 9.17) is 0 Å². The van der Waals surface area contributed by atoms with Gasteiger partial charge in [-0.1, -0.05) is 30.3 Å². The lowest BCUT2D eigenvalue weighted by molar-refractivity contribution is -0.130. The van der Waals surface area contributed by atoms with Gasteiger partial charge in [-0.25, -0.2) is 4.98 Å². The zero-order chi connectivity index (χ0) is 17.2. The van der Waals surface area contributed by atoms with E-state index >= 15 is 0 Å². The Morgan fingerprint density at radius 2 is 1.72 bits per heavy atom. The third kappa shape index (κ3) is 3.44. The summed E-state index contributed by atoms with van der Waals surface area (Å²) in [5.74, 6) is 1.07. The van der Waals surface area contributed by atoms with Gasteiger partial charge in [-0.15, -0.1) is 11.3 Å². The van der Waals surface area contributed by atoms with Crippen molar-refractivity contribution in [3.63, 3.8) is 0 Å². The summed E-state index contributed by atoms with van der Waals surface area (Å²) in [7, 11) is 0. The number of thiazole rings is 1. The Labute approximate surface area is 151 Å². The van der Waals surface area contributed by atoms with Gasteiger partial charge in [0, 0.05) is 49.8 Å². The molecule has 3 heterocycles. The van der Waals surface area contributed by atoms with Gasteiger partial charge in [-0.3, -0.25) is 9.59 Å². The van der Waals surface area contributed by atoms with Crippen molar-refractivity contribution in [1.82, 2.24) is 14.8 Å². The van der Waals surface area contributed by atoms with Gasteiger partial charge < -0.3 is 9.80 Å². The van der Waals surface area contributed by atoms with Crippen LogP contribution < -0.4 is 0 Å². The Hall–Kier alpha value is -2.21. The Balaban J connectivity index is 1.29. The van der Waals surface area contributed by atoms with Crippen LogP contribution in [0.1, 0.15) is 22.5 Å². The van der Waals surface area contributed by atoms with Crippen molar-refractivity contribution < 1.29 is 9.59 Å². The lowest BCUT2D eigenvalue weighted by Crippen LogP contribution is -2.35. The van der Waals surface area contributed by atoms with E-state index in [1.165, 1.54) is 16.9 Å². The molecule has 6 heteroatoms. The van der Waals surface area contributed by atoms with Crippen molar-refractivity contribution in [3.8, 4) is 0 Å². The SMILES string of the molecule is O=C(CCc1ccccc1)N1C[C@@H]2CN(C(=O)c3cscn3)C[C@H]2C1. The number of aryl methyl sites for hydroxylation is 1. The van der Waals surface area contributed by atoms with E-state index in [0.29, 0.717) is 24.0 Å². The number of hydrogen-bond acceptors (Lipinski definition) is 4. The van der Waals surface area contributed by atoms with Crippen LogP contribution in [0.3, 0.4) is 0 Å². The standard InChI is InChI=1S/C19H21N3O2S/c23-18(7-6-14-4-2-1-3-5-14)21-8-15-10-22(11-16(15)9-21)19(24)17-12-25-13-20-17/h1-5,12-13,15-16H,6-11H2/t15-,16-/m1/s1. The normalized spacial score (nSPS) is 22.2. The van der Waals surface area contributed by atoms with Crippen molar-refractivity contribution in [2.75, 3.05) is 26.2 Å². The van der Waals surface area contributed by atoms with Gasteiger partial charge in [0.1, 0.15) is 5.69 Å². The number of hydrogen-bond donors (Lipinski definition) is 0. The zero-order valence-electron chi connectivity index (χ0n) is 14.0. The maximum Gasteiger partial charge on any atom is 0.273 e. The molecule has 2 atom stereocenters. The van der Waals surface area contributed by atoms with Crippen LogP contribution in [0, 0.1) is 11.8 Å². The maximum atomic E-state index is 12.5. The number of rotatable bonds is 4. The Bertz CT molecular complexity index is 733. The number of benzene rings is 1. The van der Waals surface area contributed by atoms with Crippen LogP contribution in [0.4, 0.5) is 0 Å². The highest BCUT2D eigenvalue weighted by molar-refractivity contribution is 7.07. The summed E-state index contributed by atoms with van der Waals surface area (Å²) in [6, 6.07) is 10.1. The fourth-order valence-electron chi connectivity index (χ4n) is 3.90. The molecular weight excluding hydrogens is 334 g/mol. The van der Waals surface area contributed by atoms with Gasteiger partial charge in [-0.2, -0.15) is 0 Å².